The molecule has 0 aliphatic carbocycles. The summed E-state index contributed by atoms with van der Waals surface area (Å²) in [6, 6.07) is 1.86. The minimum Gasteiger partial charge on any atom is -0.423 e. The Morgan fingerprint density at radius 3 is 2.25 bits per heavy atom. The zero-order valence-corrected chi connectivity index (χ0v) is 6.52. The number of benzene rings is 1. The second-order valence-corrected chi connectivity index (χ2v) is 2.54. The van der Waals surface area contributed by atoms with Crippen LogP contribution in [0.15, 0.2) is 12.1 Å². The SMILES string of the molecule is OB(O)c1c(F)ccc(Cl)c1F. The Hall–Kier alpha value is -0.645. The van der Waals surface area contributed by atoms with Crippen molar-refractivity contribution in [1.82, 2.24) is 0 Å². The summed E-state index contributed by atoms with van der Waals surface area (Å²) in [6.45, 7) is 0. The summed E-state index contributed by atoms with van der Waals surface area (Å²) in [5.74, 6) is -2.18. The fraction of sp³-hybridized carbons (Fsp3) is 0. The Morgan fingerprint density at radius 1 is 1.25 bits per heavy atom. The Balaban J connectivity index is 3.33. The van der Waals surface area contributed by atoms with Crippen molar-refractivity contribution in [3.05, 3.63) is 28.8 Å². The minimum atomic E-state index is -2.19. The van der Waals surface area contributed by atoms with E-state index in [1.54, 1.807) is 0 Å². The van der Waals surface area contributed by atoms with Gasteiger partial charge in [-0.2, -0.15) is 0 Å². The monoisotopic (exact) mass is 192 g/mol. The van der Waals surface area contributed by atoms with Gasteiger partial charge in [0.05, 0.1) is 10.5 Å². The van der Waals surface area contributed by atoms with E-state index in [2.05, 4.69) is 0 Å². The van der Waals surface area contributed by atoms with Gasteiger partial charge in [0, 0.05) is 0 Å². The second kappa shape index (κ2) is 3.39. The Morgan fingerprint density at radius 2 is 1.83 bits per heavy atom. The van der Waals surface area contributed by atoms with Crippen LogP contribution >= 0.6 is 11.6 Å². The van der Waals surface area contributed by atoms with Gasteiger partial charge in [0.2, 0.25) is 0 Å². The van der Waals surface area contributed by atoms with E-state index in [4.69, 9.17) is 21.6 Å². The van der Waals surface area contributed by atoms with E-state index in [9.17, 15) is 8.78 Å². The van der Waals surface area contributed by atoms with Crippen molar-refractivity contribution in [1.29, 1.82) is 0 Å². The van der Waals surface area contributed by atoms with Gasteiger partial charge in [-0.1, -0.05) is 11.6 Å². The lowest BCUT2D eigenvalue weighted by molar-refractivity contribution is 0.419. The van der Waals surface area contributed by atoms with Gasteiger partial charge >= 0.3 is 7.12 Å². The van der Waals surface area contributed by atoms with Crippen molar-refractivity contribution in [2.45, 2.75) is 0 Å². The van der Waals surface area contributed by atoms with Crippen molar-refractivity contribution in [3.8, 4) is 0 Å². The van der Waals surface area contributed by atoms with Gasteiger partial charge < -0.3 is 10.0 Å². The molecule has 1 aromatic carbocycles. The molecule has 0 heterocycles. The molecule has 1 rings (SSSR count). The predicted octanol–water partition coefficient (Wildman–Crippen LogP) is 0.298. The summed E-state index contributed by atoms with van der Waals surface area (Å²) in [5, 5.41) is 16.7. The Bertz CT molecular complexity index is 306. The largest absolute Gasteiger partial charge is 0.494 e. The maximum Gasteiger partial charge on any atom is 0.494 e. The van der Waals surface area contributed by atoms with Crippen LogP contribution in [0.25, 0.3) is 0 Å². The fourth-order valence-corrected chi connectivity index (χ4v) is 0.944. The van der Waals surface area contributed by atoms with Crippen LogP contribution in [0.3, 0.4) is 0 Å². The third-order valence-electron chi connectivity index (χ3n) is 1.34. The first-order valence-corrected chi connectivity index (χ1v) is 3.41. The molecule has 2 N–H and O–H groups in total. The molecule has 0 saturated heterocycles. The highest BCUT2D eigenvalue weighted by atomic mass is 35.5. The van der Waals surface area contributed by atoms with E-state index in [-0.39, 0.29) is 5.02 Å². The Labute approximate surface area is 72.5 Å². The first-order chi connectivity index (χ1) is 5.54. The molecule has 0 aromatic heterocycles. The standard InChI is InChI=1S/C6H4BClF2O2/c8-3-1-2-4(9)5(6(3)10)7(11)12/h1-2,11-12H. The van der Waals surface area contributed by atoms with E-state index in [0.717, 1.165) is 12.1 Å². The minimum absolute atomic E-state index is 0.348. The number of halogens is 3. The maximum absolute atomic E-state index is 12.8. The molecule has 0 unspecified atom stereocenters. The molecule has 0 aliphatic heterocycles. The van der Waals surface area contributed by atoms with Gasteiger partial charge in [-0.25, -0.2) is 8.78 Å². The third kappa shape index (κ3) is 1.58. The van der Waals surface area contributed by atoms with E-state index in [0.29, 0.717) is 0 Å². The van der Waals surface area contributed by atoms with Crippen LogP contribution in [0.4, 0.5) is 8.78 Å². The summed E-state index contributed by atoms with van der Waals surface area (Å²) in [6.07, 6.45) is 0. The molecule has 0 spiro atoms. The van der Waals surface area contributed by atoms with Crippen LogP contribution in [0.2, 0.25) is 5.02 Å². The van der Waals surface area contributed by atoms with Crippen LogP contribution in [-0.2, 0) is 0 Å². The summed E-state index contributed by atoms with van der Waals surface area (Å²) < 4.78 is 25.5. The lowest BCUT2D eigenvalue weighted by Crippen LogP contribution is -2.35. The molecule has 0 fully saturated rings. The molecule has 64 valence electrons. The highest BCUT2D eigenvalue weighted by Crippen LogP contribution is 2.13. The van der Waals surface area contributed by atoms with Crippen LogP contribution < -0.4 is 5.46 Å². The zero-order chi connectivity index (χ0) is 9.30. The van der Waals surface area contributed by atoms with Crippen molar-refractivity contribution < 1.29 is 18.8 Å². The van der Waals surface area contributed by atoms with Gasteiger partial charge in [-0.05, 0) is 12.1 Å². The summed E-state index contributed by atoms with van der Waals surface area (Å²) in [5.41, 5.74) is -0.831. The highest BCUT2D eigenvalue weighted by Gasteiger charge is 2.23. The van der Waals surface area contributed by atoms with E-state index in [1.165, 1.54) is 0 Å². The predicted molar refractivity (Wildman–Crippen MR) is 41.2 cm³/mol. The average Bonchev–Trinajstić information content (AvgIpc) is 1.97. The number of hydrogen-bond donors (Lipinski definition) is 2. The quantitative estimate of drug-likeness (QED) is 0.496. The summed E-state index contributed by atoms with van der Waals surface area (Å²) in [4.78, 5) is 0. The van der Waals surface area contributed by atoms with Gasteiger partial charge in [0.1, 0.15) is 11.6 Å². The normalized spacial score (nSPS) is 10.1. The summed E-state index contributed by atoms with van der Waals surface area (Å²) >= 11 is 5.27. The lowest BCUT2D eigenvalue weighted by Gasteiger charge is -2.03. The van der Waals surface area contributed by atoms with Crippen molar-refractivity contribution in [2.75, 3.05) is 0 Å². The van der Waals surface area contributed by atoms with E-state index < -0.39 is 24.2 Å². The molecule has 0 radical (unpaired) electrons. The molecule has 0 atom stereocenters. The van der Waals surface area contributed by atoms with Crippen LogP contribution in [0.5, 0.6) is 0 Å². The van der Waals surface area contributed by atoms with Crippen LogP contribution in [0, 0.1) is 11.6 Å². The van der Waals surface area contributed by atoms with Gasteiger partial charge in [-0.3, -0.25) is 0 Å². The van der Waals surface area contributed by atoms with Gasteiger partial charge in [-0.15, -0.1) is 0 Å². The molecule has 0 amide bonds. The molecular formula is C6H4BClF2O2. The number of hydrogen-bond acceptors (Lipinski definition) is 2. The molecule has 6 heteroatoms. The highest BCUT2D eigenvalue weighted by molar-refractivity contribution is 6.59. The first kappa shape index (κ1) is 9.44. The molecule has 12 heavy (non-hydrogen) atoms. The smallest absolute Gasteiger partial charge is 0.423 e. The molecular weight excluding hydrogens is 188 g/mol. The van der Waals surface area contributed by atoms with E-state index in [1.807, 2.05) is 0 Å². The zero-order valence-electron chi connectivity index (χ0n) is 5.76. The van der Waals surface area contributed by atoms with Crippen LogP contribution in [-0.4, -0.2) is 17.2 Å². The molecule has 0 aliphatic rings. The number of rotatable bonds is 1. The maximum atomic E-state index is 12.8. The third-order valence-corrected chi connectivity index (χ3v) is 1.63. The van der Waals surface area contributed by atoms with Gasteiger partial charge in [0.15, 0.2) is 0 Å². The summed E-state index contributed by atoms with van der Waals surface area (Å²) in [7, 11) is -2.19. The second-order valence-electron chi connectivity index (χ2n) is 2.13. The van der Waals surface area contributed by atoms with Gasteiger partial charge in [0.25, 0.3) is 0 Å². The Kier molecular flexibility index (Phi) is 2.67. The topological polar surface area (TPSA) is 40.5 Å². The molecule has 0 bridgehead atoms. The molecule has 1 aromatic rings. The fourth-order valence-electron chi connectivity index (χ4n) is 0.779. The lowest BCUT2D eigenvalue weighted by atomic mass is 9.79. The van der Waals surface area contributed by atoms with Crippen molar-refractivity contribution in [3.63, 3.8) is 0 Å². The van der Waals surface area contributed by atoms with E-state index >= 15 is 0 Å². The first-order valence-electron chi connectivity index (χ1n) is 3.03. The average molecular weight is 192 g/mol. The van der Waals surface area contributed by atoms with Crippen LogP contribution in [0.1, 0.15) is 0 Å². The van der Waals surface area contributed by atoms with Crippen molar-refractivity contribution in [2.24, 2.45) is 0 Å². The van der Waals surface area contributed by atoms with Crippen molar-refractivity contribution >= 4 is 24.2 Å². The molecule has 0 saturated carbocycles. The molecule has 2 nitrogen and oxygen atoms in total.